The lowest BCUT2D eigenvalue weighted by molar-refractivity contribution is 0.219. The van der Waals surface area contributed by atoms with Gasteiger partial charge in [-0.15, -0.1) is 0 Å². The van der Waals surface area contributed by atoms with Crippen molar-refractivity contribution in [3.63, 3.8) is 0 Å². The average Bonchev–Trinajstić information content (AvgIpc) is 2.32. The van der Waals surface area contributed by atoms with Crippen LogP contribution in [0.1, 0.15) is 17.2 Å². The fourth-order valence-corrected chi connectivity index (χ4v) is 2.18. The van der Waals surface area contributed by atoms with Crippen LogP contribution >= 0.6 is 27.5 Å². The molecule has 17 heavy (non-hydrogen) atoms. The number of rotatable bonds is 2. The van der Waals surface area contributed by atoms with Crippen molar-refractivity contribution in [3.05, 3.63) is 68.9 Å². The average molecular weight is 316 g/mol. The molecule has 0 saturated carbocycles. The van der Waals surface area contributed by atoms with E-state index in [0.717, 1.165) is 4.47 Å². The van der Waals surface area contributed by atoms with Crippen molar-refractivity contribution in [3.8, 4) is 0 Å². The maximum Gasteiger partial charge on any atom is 0.142 e. The number of aliphatic hydroxyl groups is 1. The number of hydrogen-bond acceptors (Lipinski definition) is 1. The normalized spacial score (nSPS) is 12.5. The second-order valence-corrected chi connectivity index (χ2v) is 4.86. The Bertz CT molecular complexity index is 545. The van der Waals surface area contributed by atoms with E-state index >= 15 is 0 Å². The first-order chi connectivity index (χ1) is 8.09. The molecule has 0 amide bonds. The monoisotopic (exact) mass is 314 g/mol. The van der Waals surface area contributed by atoms with Crippen molar-refractivity contribution in [1.82, 2.24) is 0 Å². The number of halogens is 3. The van der Waals surface area contributed by atoms with Crippen LogP contribution in [0, 0.1) is 5.82 Å². The molecule has 2 rings (SSSR count). The topological polar surface area (TPSA) is 20.2 Å². The highest BCUT2D eigenvalue weighted by Crippen LogP contribution is 2.29. The van der Waals surface area contributed by atoms with E-state index in [1.54, 1.807) is 12.1 Å². The van der Waals surface area contributed by atoms with Crippen LogP contribution in [0.25, 0.3) is 0 Å². The van der Waals surface area contributed by atoms with Gasteiger partial charge < -0.3 is 5.11 Å². The molecule has 2 aromatic carbocycles. The lowest BCUT2D eigenvalue weighted by Gasteiger charge is -2.13. The predicted molar refractivity (Wildman–Crippen MR) is 69.6 cm³/mol. The highest BCUT2D eigenvalue weighted by atomic mass is 79.9. The van der Waals surface area contributed by atoms with Gasteiger partial charge in [0.05, 0.1) is 5.02 Å². The fraction of sp³-hybridized carbons (Fsp3) is 0.0769. The first-order valence-corrected chi connectivity index (χ1v) is 6.14. The van der Waals surface area contributed by atoms with Gasteiger partial charge in [0, 0.05) is 4.47 Å². The molecule has 1 atom stereocenters. The molecule has 0 aliphatic rings. The third-order valence-electron chi connectivity index (χ3n) is 2.46. The van der Waals surface area contributed by atoms with E-state index in [-0.39, 0.29) is 5.02 Å². The van der Waals surface area contributed by atoms with Crippen molar-refractivity contribution in [2.45, 2.75) is 6.10 Å². The van der Waals surface area contributed by atoms with Gasteiger partial charge in [0.2, 0.25) is 0 Å². The maximum atomic E-state index is 13.3. The Morgan fingerprint density at radius 3 is 2.53 bits per heavy atom. The molecular weight excluding hydrogens is 306 g/mol. The summed E-state index contributed by atoms with van der Waals surface area (Å²) in [4.78, 5) is 0. The summed E-state index contributed by atoms with van der Waals surface area (Å²) >= 11 is 8.94. The summed E-state index contributed by atoms with van der Waals surface area (Å²) < 4.78 is 14.1. The number of aliphatic hydroxyl groups excluding tert-OH is 1. The van der Waals surface area contributed by atoms with Crippen LogP contribution in [0.15, 0.2) is 46.9 Å². The van der Waals surface area contributed by atoms with Gasteiger partial charge in [-0.05, 0) is 29.3 Å². The van der Waals surface area contributed by atoms with Crippen LogP contribution in [-0.4, -0.2) is 5.11 Å². The highest BCUT2D eigenvalue weighted by Gasteiger charge is 2.14. The first kappa shape index (κ1) is 12.6. The molecule has 0 spiro atoms. The Kier molecular flexibility index (Phi) is 3.82. The summed E-state index contributed by atoms with van der Waals surface area (Å²) in [5.41, 5.74) is 1.16. The molecule has 0 aromatic heterocycles. The van der Waals surface area contributed by atoms with Gasteiger partial charge in [-0.3, -0.25) is 0 Å². The molecule has 2 aromatic rings. The molecule has 0 aliphatic carbocycles. The van der Waals surface area contributed by atoms with E-state index in [0.29, 0.717) is 11.1 Å². The van der Waals surface area contributed by atoms with Crippen molar-refractivity contribution in [2.75, 3.05) is 0 Å². The number of hydrogen-bond donors (Lipinski definition) is 1. The van der Waals surface area contributed by atoms with Gasteiger partial charge in [-0.1, -0.05) is 51.8 Å². The SMILES string of the molecule is O[C@H](c1ccc(Cl)c(F)c1)c1ccccc1Br. The Labute approximate surface area is 112 Å². The quantitative estimate of drug-likeness (QED) is 0.875. The third-order valence-corrected chi connectivity index (χ3v) is 3.49. The molecule has 1 nitrogen and oxygen atoms in total. The Balaban J connectivity index is 2.40. The molecule has 88 valence electrons. The smallest absolute Gasteiger partial charge is 0.142 e. The zero-order chi connectivity index (χ0) is 12.4. The molecule has 0 aliphatic heterocycles. The predicted octanol–water partition coefficient (Wildman–Crippen LogP) is 4.32. The van der Waals surface area contributed by atoms with Crippen LogP contribution in [0.5, 0.6) is 0 Å². The van der Waals surface area contributed by atoms with Gasteiger partial charge in [-0.25, -0.2) is 4.39 Å². The summed E-state index contributed by atoms with van der Waals surface area (Å²) in [7, 11) is 0. The van der Waals surface area contributed by atoms with Crippen molar-refractivity contribution in [1.29, 1.82) is 0 Å². The van der Waals surface area contributed by atoms with Crippen LogP contribution in [-0.2, 0) is 0 Å². The van der Waals surface area contributed by atoms with Gasteiger partial charge in [0.1, 0.15) is 11.9 Å². The Hall–Kier alpha value is -0.900. The Morgan fingerprint density at radius 1 is 1.18 bits per heavy atom. The van der Waals surface area contributed by atoms with Crippen LogP contribution in [0.3, 0.4) is 0 Å². The van der Waals surface area contributed by atoms with E-state index in [9.17, 15) is 9.50 Å². The van der Waals surface area contributed by atoms with E-state index in [1.807, 2.05) is 18.2 Å². The Morgan fingerprint density at radius 2 is 1.88 bits per heavy atom. The minimum absolute atomic E-state index is 0.0491. The zero-order valence-electron chi connectivity index (χ0n) is 8.70. The highest BCUT2D eigenvalue weighted by molar-refractivity contribution is 9.10. The molecule has 0 unspecified atom stereocenters. The molecular formula is C13H9BrClFO. The molecule has 1 N–H and O–H groups in total. The fourth-order valence-electron chi connectivity index (χ4n) is 1.56. The van der Waals surface area contributed by atoms with E-state index < -0.39 is 11.9 Å². The number of benzene rings is 2. The van der Waals surface area contributed by atoms with Crippen molar-refractivity contribution >= 4 is 27.5 Å². The summed E-state index contributed by atoms with van der Waals surface area (Å²) in [5.74, 6) is -0.532. The van der Waals surface area contributed by atoms with Gasteiger partial charge in [0.25, 0.3) is 0 Å². The van der Waals surface area contributed by atoms with E-state index in [2.05, 4.69) is 15.9 Å². The first-order valence-electron chi connectivity index (χ1n) is 4.97. The summed E-state index contributed by atoms with van der Waals surface area (Å²) in [6.45, 7) is 0. The van der Waals surface area contributed by atoms with E-state index in [1.165, 1.54) is 12.1 Å². The molecule has 0 heterocycles. The maximum absolute atomic E-state index is 13.3. The second kappa shape index (κ2) is 5.17. The summed E-state index contributed by atoms with van der Waals surface area (Å²) in [6, 6.07) is 11.6. The molecule has 0 saturated heterocycles. The lowest BCUT2D eigenvalue weighted by atomic mass is 10.0. The third kappa shape index (κ3) is 2.68. The molecule has 0 fully saturated rings. The lowest BCUT2D eigenvalue weighted by Crippen LogP contribution is -2.01. The molecule has 0 bridgehead atoms. The summed E-state index contributed by atoms with van der Waals surface area (Å²) in [5, 5.41) is 10.2. The van der Waals surface area contributed by atoms with Crippen LogP contribution in [0.2, 0.25) is 5.02 Å². The zero-order valence-corrected chi connectivity index (χ0v) is 11.0. The van der Waals surface area contributed by atoms with Gasteiger partial charge >= 0.3 is 0 Å². The van der Waals surface area contributed by atoms with Crippen molar-refractivity contribution in [2.24, 2.45) is 0 Å². The largest absolute Gasteiger partial charge is 0.384 e. The van der Waals surface area contributed by atoms with Crippen LogP contribution < -0.4 is 0 Å². The standard InChI is InChI=1S/C13H9BrClFO/c14-10-4-2-1-3-9(10)13(17)8-5-6-11(15)12(16)7-8/h1-7,13,17H/t13-/m1/s1. The van der Waals surface area contributed by atoms with Crippen molar-refractivity contribution < 1.29 is 9.50 Å². The molecule has 4 heteroatoms. The van der Waals surface area contributed by atoms with Gasteiger partial charge in [-0.2, -0.15) is 0 Å². The second-order valence-electron chi connectivity index (χ2n) is 3.60. The molecule has 0 radical (unpaired) electrons. The minimum atomic E-state index is -0.877. The van der Waals surface area contributed by atoms with Crippen LogP contribution in [0.4, 0.5) is 4.39 Å². The van der Waals surface area contributed by atoms with E-state index in [4.69, 9.17) is 11.6 Å². The van der Waals surface area contributed by atoms with Gasteiger partial charge in [0.15, 0.2) is 0 Å². The minimum Gasteiger partial charge on any atom is -0.384 e. The summed E-state index contributed by atoms with van der Waals surface area (Å²) in [6.07, 6.45) is -0.877.